The van der Waals surface area contributed by atoms with E-state index in [1.165, 1.54) is 5.56 Å². The Labute approximate surface area is 80.2 Å². The average Bonchev–Trinajstić information content (AvgIpc) is 2.05. The third-order valence-corrected chi connectivity index (χ3v) is 2.19. The van der Waals surface area contributed by atoms with Crippen LogP contribution < -0.4 is 0 Å². The Morgan fingerprint density at radius 3 is 2.82 bits per heavy atom. The normalized spacial score (nSPS) is 12.1. The molecule has 0 aliphatic heterocycles. The number of benzene rings is 1. The summed E-state index contributed by atoms with van der Waals surface area (Å²) in [6, 6.07) is 9.83. The molecule has 1 aromatic carbocycles. The zero-order valence-electron chi connectivity index (χ0n) is 6.21. The van der Waals surface area contributed by atoms with E-state index in [0.29, 0.717) is 3.92 Å². The largest absolute Gasteiger partial charge is 0.192 e. The van der Waals surface area contributed by atoms with Crippen LogP contribution in [0.3, 0.4) is 0 Å². The second-order valence-corrected chi connectivity index (χ2v) is 4.22. The summed E-state index contributed by atoms with van der Waals surface area (Å²) in [5.41, 5.74) is 1.95. The molecule has 0 aliphatic rings. The SMILES string of the molecule is CC(I)c1cccc(C#N)c1. The van der Waals surface area contributed by atoms with Gasteiger partial charge in [0.25, 0.3) is 0 Å². The fourth-order valence-electron chi connectivity index (χ4n) is 0.856. The number of rotatable bonds is 1. The van der Waals surface area contributed by atoms with Crippen LogP contribution in [-0.2, 0) is 0 Å². The van der Waals surface area contributed by atoms with Crippen LogP contribution in [0.15, 0.2) is 24.3 Å². The minimum Gasteiger partial charge on any atom is -0.192 e. The molecule has 56 valence electrons. The molecule has 0 saturated heterocycles. The van der Waals surface area contributed by atoms with Gasteiger partial charge in [-0.2, -0.15) is 5.26 Å². The second kappa shape index (κ2) is 3.72. The van der Waals surface area contributed by atoms with Crippen molar-refractivity contribution in [1.29, 1.82) is 5.26 Å². The van der Waals surface area contributed by atoms with E-state index in [2.05, 4.69) is 35.6 Å². The molecule has 2 heteroatoms. The molecule has 1 aromatic rings. The van der Waals surface area contributed by atoms with Gasteiger partial charge >= 0.3 is 0 Å². The molecule has 1 nitrogen and oxygen atoms in total. The molecule has 0 amide bonds. The Bertz CT molecular complexity index is 286. The lowest BCUT2D eigenvalue weighted by Crippen LogP contribution is -1.83. The van der Waals surface area contributed by atoms with E-state index in [0.717, 1.165) is 5.56 Å². The first-order chi connectivity index (χ1) is 5.24. The van der Waals surface area contributed by atoms with Crippen molar-refractivity contribution in [3.63, 3.8) is 0 Å². The smallest absolute Gasteiger partial charge is 0.0991 e. The first-order valence-corrected chi connectivity index (χ1v) is 4.62. The summed E-state index contributed by atoms with van der Waals surface area (Å²) in [7, 11) is 0. The molecule has 0 saturated carbocycles. The van der Waals surface area contributed by atoms with Crippen LogP contribution in [0.4, 0.5) is 0 Å². The van der Waals surface area contributed by atoms with Crippen LogP contribution in [0, 0.1) is 11.3 Å². The number of halogens is 1. The van der Waals surface area contributed by atoms with Crippen molar-refractivity contribution in [2.45, 2.75) is 10.8 Å². The highest BCUT2D eigenvalue weighted by molar-refractivity contribution is 14.1. The first-order valence-electron chi connectivity index (χ1n) is 3.38. The van der Waals surface area contributed by atoms with Gasteiger partial charge in [-0.25, -0.2) is 0 Å². The van der Waals surface area contributed by atoms with E-state index in [-0.39, 0.29) is 0 Å². The quantitative estimate of drug-likeness (QED) is 0.560. The van der Waals surface area contributed by atoms with Crippen LogP contribution in [0.1, 0.15) is 22.0 Å². The lowest BCUT2D eigenvalue weighted by Gasteiger charge is -2.01. The van der Waals surface area contributed by atoms with E-state index in [1.807, 2.05) is 24.3 Å². The first kappa shape index (κ1) is 8.54. The maximum atomic E-state index is 8.59. The van der Waals surface area contributed by atoms with E-state index in [1.54, 1.807) is 0 Å². The van der Waals surface area contributed by atoms with Crippen LogP contribution in [0.5, 0.6) is 0 Å². The third kappa shape index (κ3) is 2.19. The van der Waals surface area contributed by atoms with E-state index >= 15 is 0 Å². The van der Waals surface area contributed by atoms with Crippen molar-refractivity contribution in [1.82, 2.24) is 0 Å². The third-order valence-electron chi connectivity index (χ3n) is 1.48. The van der Waals surface area contributed by atoms with Crippen LogP contribution in [-0.4, -0.2) is 0 Å². The molecule has 11 heavy (non-hydrogen) atoms. The zero-order chi connectivity index (χ0) is 8.27. The van der Waals surface area contributed by atoms with Gasteiger partial charge in [-0.05, 0) is 24.6 Å². The van der Waals surface area contributed by atoms with Gasteiger partial charge in [0.15, 0.2) is 0 Å². The summed E-state index contributed by atoms with van der Waals surface area (Å²) >= 11 is 2.33. The molecule has 0 N–H and O–H groups in total. The monoisotopic (exact) mass is 257 g/mol. The Morgan fingerprint density at radius 1 is 1.55 bits per heavy atom. The number of nitriles is 1. The van der Waals surface area contributed by atoms with Crippen molar-refractivity contribution in [3.8, 4) is 6.07 Å². The highest BCUT2D eigenvalue weighted by Crippen LogP contribution is 2.22. The van der Waals surface area contributed by atoms with Gasteiger partial charge in [-0.15, -0.1) is 0 Å². The van der Waals surface area contributed by atoms with Gasteiger partial charge in [0, 0.05) is 3.92 Å². The second-order valence-electron chi connectivity index (χ2n) is 2.35. The summed E-state index contributed by atoms with van der Waals surface area (Å²) in [6.45, 7) is 2.11. The van der Waals surface area contributed by atoms with Crippen molar-refractivity contribution in [2.24, 2.45) is 0 Å². The lowest BCUT2D eigenvalue weighted by molar-refractivity contribution is 1.14. The minimum atomic E-state index is 0.473. The number of hydrogen-bond acceptors (Lipinski definition) is 1. The standard InChI is InChI=1S/C9H8IN/c1-7(10)9-4-2-3-8(5-9)6-11/h2-5,7H,1H3. The summed E-state index contributed by atoms with van der Waals surface area (Å²) < 4.78 is 0.473. The molecular weight excluding hydrogens is 249 g/mol. The van der Waals surface area contributed by atoms with Crippen LogP contribution >= 0.6 is 22.6 Å². The number of nitrogens with zero attached hydrogens (tertiary/aromatic N) is 1. The topological polar surface area (TPSA) is 23.8 Å². The highest BCUT2D eigenvalue weighted by atomic mass is 127. The summed E-state index contributed by atoms with van der Waals surface area (Å²) in [5.74, 6) is 0. The predicted octanol–water partition coefficient (Wildman–Crippen LogP) is 3.05. The molecular formula is C9H8IN. The van der Waals surface area contributed by atoms with Crippen LogP contribution in [0.2, 0.25) is 0 Å². The minimum absolute atomic E-state index is 0.473. The summed E-state index contributed by atoms with van der Waals surface area (Å²) in [5, 5.41) is 8.59. The molecule has 0 spiro atoms. The Balaban J connectivity index is 3.03. The Morgan fingerprint density at radius 2 is 2.27 bits per heavy atom. The zero-order valence-corrected chi connectivity index (χ0v) is 8.37. The summed E-state index contributed by atoms with van der Waals surface area (Å²) in [4.78, 5) is 0. The number of alkyl halides is 1. The van der Waals surface area contributed by atoms with Crippen molar-refractivity contribution >= 4 is 22.6 Å². The molecule has 0 aromatic heterocycles. The van der Waals surface area contributed by atoms with E-state index < -0.39 is 0 Å². The van der Waals surface area contributed by atoms with Crippen molar-refractivity contribution in [2.75, 3.05) is 0 Å². The van der Waals surface area contributed by atoms with Gasteiger partial charge in [0.1, 0.15) is 0 Å². The molecule has 0 fully saturated rings. The lowest BCUT2D eigenvalue weighted by atomic mass is 10.1. The van der Waals surface area contributed by atoms with Gasteiger partial charge < -0.3 is 0 Å². The Hall–Kier alpha value is -0.560. The van der Waals surface area contributed by atoms with Crippen LogP contribution in [0.25, 0.3) is 0 Å². The highest BCUT2D eigenvalue weighted by Gasteiger charge is 1.99. The van der Waals surface area contributed by atoms with Crippen molar-refractivity contribution in [3.05, 3.63) is 35.4 Å². The fraction of sp³-hybridized carbons (Fsp3) is 0.222. The van der Waals surface area contributed by atoms with E-state index in [9.17, 15) is 0 Å². The molecule has 1 unspecified atom stereocenters. The molecule has 0 radical (unpaired) electrons. The summed E-state index contributed by atoms with van der Waals surface area (Å²) in [6.07, 6.45) is 0. The van der Waals surface area contributed by atoms with Gasteiger partial charge in [0.05, 0.1) is 11.6 Å². The number of hydrogen-bond donors (Lipinski definition) is 0. The molecule has 1 rings (SSSR count). The Kier molecular flexibility index (Phi) is 2.89. The molecule has 0 bridgehead atoms. The maximum absolute atomic E-state index is 8.59. The molecule has 1 atom stereocenters. The maximum Gasteiger partial charge on any atom is 0.0991 e. The van der Waals surface area contributed by atoms with Gasteiger partial charge in [0.2, 0.25) is 0 Å². The van der Waals surface area contributed by atoms with E-state index in [4.69, 9.17) is 5.26 Å². The predicted molar refractivity (Wildman–Crippen MR) is 53.6 cm³/mol. The molecule has 0 heterocycles. The van der Waals surface area contributed by atoms with Gasteiger partial charge in [-0.1, -0.05) is 34.7 Å². The average molecular weight is 257 g/mol. The fourth-order valence-corrected chi connectivity index (χ4v) is 1.24. The van der Waals surface area contributed by atoms with Crippen molar-refractivity contribution < 1.29 is 0 Å². The molecule has 0 aliphatic carbocycles. The van der Waals surface area contributed by atoms with Gasteiger partial charge in [-0.3, -0.25) is 0 Å².